The fraction of sp³-hybridized carbons (Fsp3) is 0.143. The van der Waals surface area contributed by atoms with E-state index in [1.165, 1.54) is 12.4 Å². The first-order chi connectivity index (χ1) is 5.25. The fourth-order valence-corrected chi connectivity index (χ4v) is 0.647. The molecule has 0 aliphatic heterocycles. The van der Waals surface area contributed by atoms with Gasteiger partial charge in [0.2, 0.25) is 5.78 Å². The molecule has 4 nitrogen and oxygen atoms in total. The number of H-pyrrole nitrogens is 1. The highest BCUT2D eigenvalue weighted by Crippen LogP contribution is 1.96. The van der Waals surface area contributed by atoms with Crippen molar-refractivity contribution in [1.29, 1.82) is 0 Å². The summed E-state index contributed by atoms with van der Waals surface area (Å²) >= 11 is 0. The number of carbonyl (C=O) groups is 1. The van der Waals surface area contributed by atoms with Gasteiger partial charge in [-0.15, -0.1) is 6.58 Å². The van der Waals surface area contributed by atoms with Gasteiger partial charge in [-0.05, 0) is 0 Å². The molecule has 2 N–H and O–H groups in total. The van der Waals surface area contributed by atoms with Crippen LogP contribution in [0.5, 0.6) is 0 Å². The van der Waals surface area contributed by atoms with Crippen LogP contribution < -0.4 is 0 Å². The number of Topliss-reactive ketones (excluding diaryl/α,β-unsaturated/α-hetero) is 1. The van der Waals surface area contributed by atoms with Crippen molar-refractivity contribution >= 4 is 5.78 Å². The summed E-state index contributed by atoms with van der Waals surface area (Å²) in [5, 5.41) is 8.97. The van der Waals surface area contributed by atoms with Crippen LogP contribution in [0.15, 0.2) is 25.0 Å². The summed E-state index contributed by atoms with van der Waals surface area (Å²) in [4.78, 5) is 17.3. The van der Waals surface area contributed by atoms with E-state index in [1.54, 1.807) is 0 Å². The summed E-state index contributed by atoms with van der Waals surface area (Å²) in [6, 6.07) is 0. The molecule has 0 aliphatic carbocycles. The van der Waals surface area contributed by atoms with Gasteiger partial charge in [0, 0.05) is 12.4 Å². The minimum absolute atomic E-state index is 0.150. The summed E-state index contributed by atoms with van der Waals surface area (Å²) in [7, 11) is 0. The van der Waals surface area contributed by atoms with Gasteiger partial charge < -0.3 is 10.1 Å². The third-order valence-electron chi connectivity index (χ3n) is 1.22. The van der Waals surface area contributed by atoms with Gasteiger partial charge in [0.15, 0.2) is 5.82 Å². The molecule has 0 amide bonds. The van der Waals surface area contributed by atoms with Crippen molar-refractivity contribution in [2.75, 3.05) is 0 Å². The van der Waals surface area contributed by atoms with Crippen molar-refractivity contribution in [1.82, 2.24) is 9.97 Å². The molecule has 0 aromatic carbocycles. The zero-order chi connectivity index (χ0) is 8.27. The molecule has 1 heterocycles. The number of aliphatic hydroxyl groups excluding tert-OH is 1. The quantitative estimate of drug-likeness (QED) is 0.478. The fourth-order valence-electron chi connectivity index (χ4n) is 0.647. The van der Waals surface area contributed by atoms with Crippen LogP contribution in [0.3, 0.4) is 0 Å². The molecule has 0 saturated heterocycles. The molecule has 0 radical (unpaired) electrons. The Morgan fingerprint density at radius 2 is 2.64 bits per heavy atom. The van der Waals surface area contributed by atoms with Gasteiger partial charge in [-0.3, -0.25) is 4.79 Å². The molecule has 1 unspecified atom stereocenters. The highest BCUT2D eigenvalue weighted by molar-refractivity contribution is 5.97. The Hall–Kier alpha value is -1.42. The molecule has 1 rings (SSSR count). The lowest BCUT2D eigenvalue weighted by atomic mass is 10.2. The molecule has 0 spiro atoms. The smallest absolute Gasteiger partial charge is 0.230 e. The van der Waals surface area contributed by atoms with E-state index in [2.05, 4.69) is 16.5 Å². The topological polar surface area (TPSA) is 66.0 Å². The predicted molar refractivity (Wildman–Crippen MR) is 39.1 cm³/mol. The first-order valence-corrected chi connectivity index (χ1v) is 3.10. The number of hydrogen-bond acceptors (Lipinski definition) is 3. The summed E-state index contributed by atoms with van der Waals surface area (Å²) in [6.45, 7) is 3.28. The number of ketones is 1. The van der Waals surface area contributed by atoms with Crippen molar-refractivity contribution in [3.63, 3.8) is 0 Å². The summed E-state index contributed by atoms with van der Waals surface area (Å²) in [5.41, 5.74) is 0. The number of nitrogens with zero attached hydrogens (tertiary/aromatic N) is 1. The second kappa shape index (κ2) is 3.12. The number of carbonyl (C=O) groups excluding carboxylic acids is 1. The van der Waals surface area contributed by atoms with Crippen LogP contribution in [0, 0.1) is 0 Å². The van der Waals surface area contributed by atoms with Crippen LogP contribution in [0.1, 0.15) is 10.6 Å². The van der Waals surface area contributed by atoms with Crippen LogP contribution in [0.2, 0.25) is 0 Å². The third-order valence-corrected chi connectivity index (χ3v) is 1.22. The highest BCUT2D eigenvalue weighted by Gasteiger charge is 2.14. The van der Waals surface area contributed by atoms with E-state index in [9.17, 15) is 4.79 Å². The molecule has 1 atom stereocenters. The lowest BCUT2D eigenvalue weighted by molar-refractivity contribution is 0.0811. The number of aromatic amines is 1. The Bertz CT molecular complexity index is 253. The van der Waals surface area contributed by atoms with E-state index in [0.717, 1.165) is 6.08 Å². The maximum absolute atomic E-state index is 11.0. The molecule has 58 valence electrons. The van der Waals surface area contributed by atoms with Crippen molar-refractivity contribution in [2.24, 2.45) is 0 Å². The minimum atomic E-state index is -1.17. The van der Waals surface area contributed by atoms with E-state index in [-0.39, 0.29) is 5.82 Å². The van der Waals surface area contributed by atoms with E-state index in [0.29, 0.717) is 0 Å². The summed E-state index contributed by atoms with van der Waals surface area (Å²) in [5.74, 6) is -0.317. The molecule has 11 heavy (non-hydrogen) atoms. The molecule has 4 heteroatoms. The molecule has 1 aromatic rings. The van der Waals surface area contributed by atoms with Crippen LogP contribution in [0.4, 0.5) is 0 Å². The number of imidazole rings is 1. The number of nitrogens with one attached hydrogen (secondary N) is 1. The Kier molecular flexibility index (Phi) is 2.18. The second-order valence-electron chi connectivity index (χ2n) is 1.98. The Labute approximate surface area is 63.6 Å². The van der Waals surface area contributed by atoms with E-state index >= 15 is 0 Å². The zero-order valence-corrected chi connectivity index (χ0v) is 5.82. The van der Waals surface area contributed by atoms with Crippen molar-refractivity contribution < 1.29 is 9.90 Å². The Morgan fingerprint density at radius 3 is 3.09 bits per heavy atom. The molecule has 1 aromatic heterocycles. The van der Waals surface area contributed by atoms with E-state index in [1.807, 2.05) is 0 Å². The van der Waals surface area contributed by atoms with Crippen LogP contribution >= 0.6 is 0 Å². The van der Waals surface area contributed by atoms with Crippen LogP contribution in [-0.4, -0.2) is 27.0 Å². The van der Waals surface area contributed by atoms with Gasteiger partial charge in [0.05, 0.1) is 0 Å². The number of hydrogen-bond donors (Lipinski definition) is 2. The lowest BCUT2D eigenvalue weighted by Gasteiger charge is -1.98. The number of aliphatic hydroxyl groups is 1. The van der Waals surface area contributed by atoms with E-state index < -0.39 is 11.9 Å². The standard InChI is InChI=1S/C7H8N2O2/c1-2-5(10)6(11)7-8-3-4-9-7/h2-5,10H,1H2,(H,8,9). The molecule has 0 aliphatic rings. The second-order valence-corrected chi connectivity index (χ2v) is 1.98. The normalized spacial score (nSPS) is 12.5. The van der Waals surface area contributed by atoms with Crippen LogP contribution in [0.25, 0.3) is 0 Å². The van der Waals surface area contributed by atoms with Crippen molar-refractivity contribution in [2.45, 2.75) is 6.10 Å². The summed E-state index contributed by atoms with van der Waals surface area (Å²) in [6.07, 6.45) is 2.96. The SMILES string of the molecule is C=CC(O)C(=O)c1ncc[nH]1. The summed E-state index contributed by atoms with van der Waals surface area (Å²) < 4.78 is 0. The molecular weight excluding hydrogens is 144 g/mol. The first-order valence-electron chi connectivity index (χ1n) is 3.10. The van der Waals surface area contributed by atoms with Gasteiger partial charge in [-0.2, -0.15) is 0 Å². The minimum Gasteiger partial charge on any atom is -0.381 e. The van der Waals surface area contributed by atoms with Gasteiger partial charge in [0.25, 0.3) is 0 Å². The molecule has 0 bridgehead atoms. The van der Waals surface area contributed by atoms with Gasteiger partial charge in [0.1, 0.15) is 6.10 Å². The Morgan fingerprint density at radius 1 is 1.91 bits per heavy atom. The maximum atomic E-state index is 11.0. The lowest BCUT2D eigenvalue weighted by Crippen LogP contribution is -2.18. The third kappa shape index (κ3) is 1.53. The predicted octanol–water partition coefficient (Wildman–Crippen LogP) is 0.139. The van der Waals surface area contributed by atoms with Gasteiger partial charge >= 0.3 is 0 Å². The van der Waals surface area contributed by atoms with Gasteiger partial charge in [-0.25, -0.2) is 4.98 Å². The van der Waals surface area contributed by atoms with Crippen molar-refractivity contribution in [3.05, 3.63) is 30.9 Å². The molecule has 0 saturated carbocycles. The Balaban J connectivity index is 2.78. The maximum Gasteiger partial charge on any atom is 0.230 e. The number of rotatable bonds is 3. The molecular formula is C7H8N2O2. The van der Waals surface area contributed by atoms with E-state index in [4.69, 9.17) is 5.11 Å². The largest absolute Gasteiger partial charge is 0.381 e. The first kappa shape index (κ1) is 7.68. The average molecular weight is 152 g/mol. The highest BCUT2D eigenvalue weighted by atomic mass is 16.3. The zero-order valence-electron chi connectivity index (χ0n) is 5.82. The van der Waals surface area contributed by atoms with Crippen LogP contribution in [-0.2, 0) is 0 Å². The number of aromatic nitrogens is 2. The monoisotopic (exact) mass is 152 g/mol. The molecule has 0 fully saturated rings. The van der Waals surface area contributed by atoms with Crippen molar-refractivity contribution in [3.8, 4) is 0 Å². The van der Waals surface area contributed by atoms with Gasteiger partial charge in [-0.1, -0.05) is 6.08 Å². The average Bonchev–Trinajstić information content (AvgIpc) is 2.53.